The van der Waals surface area contributed by atoms with Crippen molar-refractivity contribution in [3.8, 4) is 0 Å². The molecule has 1 aromatic carbocycles. The van der Waals surface area contributed by atoms with Crippen LogP contribution in [0, 0.1) is 31.6 Å². The molecule has 204 valence electrons. The molecule has 0 aliphatic carbocycles. The summed E-state index contributed by atoms with van der Waals surface area (Å²) < 4.78 is 0. The molecule has 1 heterocycles. The van der Waals surface area contributed by atoms with Gasteiger partial charge in [-0.05, 0) is 52.0 Å². The quantitative estimate of drug-likeness (QED) is 0.327. The van der Waals surface area contributed by atoms with Crippen molar-refractivity contribution >= 4 is 11.5 Å². The highest BCUT2D eigenvalue weighted by Gasteiger charge is 2.07. The molecule has 0 spiro atoms. The molecule has 2 unspecified atom stereocenters. The Balaban J connectivity index is 0. The highest BCUT2D eigenvalue weighted by molar-refractivity contribution is 6.00. The van der Waals surface area contributed by atoms with E-state index in [-0.39, 0.29) is 5.92 Å². The van der Waals surface area contributed by atoms with Gasteiger partial charge < -0.3 is 4.98 Å². The van der Waals surface area contributed by atoms with Crippen molar-refractivity contribution in [1.29, 1.82) is 0 Å². The lowest BCUT2D eigenvalue weighted by Crippen LogP contribution is -2.06. The van der Waals surface area contributed by atoms with E-state index in [1.54, 1.807) is 13.1 Å². The molecule has 2 aromatic rings. The van der Waals surface area contributed by atoms with Gasteiger partial charge in [0.05, 0.1) is 0 Å². The van der Waals surface area contributed by atoms with Crippen molar-refractivity contribution in [2.45, 2.75) is 108 Å². The van der Waals surface area contributed by atoms with Crippen LogP contribution in [-0.4, -0.2) is 16.5 Å². The second-order valence-electron chi connectivity index (χ2n) is 10.2. The van der Waals surface area contributed by atoms with Crippen molar-refractivity contribution in [1.82, 2.24) is 4.98 Å². The molecule has 3 nitrogen and oxygen atoms in total. The number of aromatic nitrogens is 1. The summed E-state index contributed by atoms with van der Waals surface area (Å²) in [7, 11) is 0. The van der Waals surface area contributed by atoms with Crippen LogP contribution in [0.25, 0.3) is 0 Å². The molecule has 36 heavy (non-hydrogen) atoms. The molecule has 1 N–H and O–H groups in total. The first-order chi connectivity index (χ1) is 17.0. The number of nitrogens with zero attached hydrogens (tertiary/aromatic N) is 1. The summed E-state index contributed by atoms with van der Waals surface area (Å²) in [5.74, 6) is 2.26. The summed E-state index contributed by atoms with van der Waals surface area (Å²) >= 11 is 0. The number of carbonyl (C=O) groups excluding carboxylic acids is 1. The predicted molar refractivity (Wildman–Crippen MR) is 162 cm³/mol. The number of hydrogen-bond acceptors (Lipinski definition) is 2. The smallest absolute Gasteiger partial charge is 0.132 e. The third kappa shape index (κ3) is 20.9. The minimum absolute atomic E-state index is 0.266. The maximum Gasteiger partial charge on any atom is 0.132 e. The van der Waals surface area contributed by atoms with E-state index in [0.717, 1.165) is 35.2 Å². The summed E-state index contributed by atoms with van der Waals surface area (Å²) in [6.45, 7) is 24.5. The number of hydrogen-bond donors (Lipinski definition) is 1. The number of Topliss-reactive ketones (excluding diaryl/α,β-unsaturated/α-hetero) is 1. The zero-order valence-corrected chi connectivity index (χ0v) is 25.2. The molecule has 0 fully saturated rings. The highest BCUT2D eigenvalue weighted by atomic mass is 16.1. The summed E-state index contributed by atoms with van der Waals surface area (Å²) in [6.07, 6.45) is 11.2. The Hall–Kier alpha value is -2.42. The van der Waals surface area contributed by atoms with Gasteiger partial charge in [-0.1, -0.05) is 116 Å². The Morgan fingerprint density at radius 1 is 0.972 bits per heavy atom. The van der Waals surface area contributed by atoms with Gasteiger partial charge in [0.25, 0.3) is 0 Å². The van der Waals surface area contributed by atoms with Gasteiger partial charge in [-0.2, -0.15) is 0 Å². The first kappa shape index (κ1) is 35.7. The number of H-pyrrole nitrogens is 1. The number of aryl methyl sites for hydroxylation is 2. The van der Waals surface area contributed by atoms with Crippen LogP contribution in [0.3, 0.4) is 0 Å². The fourth-order valence-corrected chi connectivity index (χ4v) is 3.13. The van der Waals surface area contributed by atoms with Gasteiger partial charge in [0.15, 0.2) is 0 Å². The van der Waals surface area contributed by atoms with Crippen LogP contribution in [-0.2, 0) is 4.79 Å². The number of unbranched alkanes of at least 4 members (excludes halogenated alkanes) is 1. The lowest BCUT2D eigenvalue weighted by Gasteiger charge is -2.08. The highest BCUT2D eigenvalue weighted by Crippen LogP contribution is 2.12. The van der Waals surface area contributed by atoms with Crippen molar-refractivity contribution < 1.29 is 4.79 Å². The van der Waals surface area contributed by atoms with Crippen molar-refractivity contribution in [2.75, 3.05) is 0 Å². The van der Waals surface area contributed by atoms with E-state index >= 15 is 0 Å². The fraction of sp³-hybridized carbons (Fsp3) is 0.576. The fourth-order valence-electron chi connectivity index (χ4n) is 3.13. The second kappa shape index (κ2) is 23.0. The van der Waals surface area contributed by atoms with E-state index in [1.165, 1.54) is 37.7 Å². The topological polar surface area (TPSA) is 45.2 Å². The Morgan fingerprint density at radius 3 is 1.94 bits per heavy atom. The van der Waals surface area contributed by atoms with Crippen LogP contribution < -0.4 is 0 Å². The average molecular weight is 497 g/mol. The zero-order valence-electron chi connectivity index (χ0n) is 25.2. The minimum atomic E-state index is 0.266. The number of aromatic amines is 1. The molecule has 0 saturated heterocycles. The monoisotopic (exact) mass is 496 g/mol. The Bertz CT molecular complexity index is 817. The van der Waals surface area contributed by atoms with Crippen LogP contribution in [0.1, 0.15) is 111 Å². The number of nitrogens with one attached hydrogen (secondary N) is 1. The lowest BCUT2D eigenvalue weighted by atomic mass is 9.97. The molecule has 0 aliphatic rings. The normalized spacial score (nSPS) is 12.1. The van der Waals surface area contributed by atoms with Gasteiger partial charge in [0, 0.05) is 35.3 Å². The van der Waals surface area contributed by atoms with Crippen LogP contribution >= 0.6 is 0 Å². The molecule has 0 radical (unpaired) electrons. The van der Waals surface area contributed by atoms with Crippen LogP contribution in [0.15, 0.2) is 60.4 Å². The van der Waals surface area contributed by atoms with Gasteiger partial charge in [-0.25, -0.2) is 0 Å². The van der Waals surface area contributed by atoms with Crippen molar-refractivity contribution in [2.24, 2.45) is 22.7 Å². The second-order valence-corrected chi connectivity index (χ2v) is 10.2. The number of carbonyl (C=O) groups is 1. The molecular formula is C33H56N2O. The number of aliphatic imine (C=N–C) groups is 1. The SMILES string of the molecule is C=CN=C(C)c1cc[nH]c1C.CC(=O)C(C)CCC(C)C.CCCCC(C)CC.Cc1ccccc1. The van der Waals surface area contributed by atoms with E-state index in [9.17, 15) is 4.79 Å². The molecule has 0 amide bonds. The van der Waals surface area contributed by atoms with Crippen LogP contribution in [0.4, 0.5) is 0 Å². The van der Waals surface area contributed by atoms with Gasteiger partial charge in [-0.3, -0.25) is 9.79 Å². The van der Waals surface area contributed by atoms with Crippen LogP contribution in [0.5, 0.6) is 0 Å². The van der Waals surface area contributed by atoms with E-state index < -0.39 is 0 Å². The molecule has 3 heteroatoms. The molecule has 0 aliphatic heterocycles. The van der Waals surface area contributed by atoms with Crippen molar-refractivity contribution in [3.05, 3.63) is 72.2 Å². The van der Waals surface area contributed by atoms with Gasteiger partial charge in [0.2, 0.25) is 0 Å². The molecular weight excluding hydrogens is 440 g/mol. The Morgan fingerprint density at radius 2 is 1.58 bits per heavy atom. The van der Waals surface area contributed by atoms with Gasteiger partial charge in [-0.15, -0.1) is 0 Å². The minimum Gasteiger partial charge on any atom is -0.365 e. The lowest BCUT2D eigenvalue weighted by molar-refractivity contribution is -0.120. The van der Waals surface area contributed by atoms with Gasteiger partial charge >= 0.3 is 0 Å². The van der Waals surface area contributed by atoms with E-state index in [4.69, 9.17) is 0 Å². The van der Waals surface area contributed by atoms with Crippen molar-refractivity contribution in [3.63, 3.8) is 0 Å². The summed E-state index contributed by atoms with van der Waals surface area (Å²) in [4.78, 5) is 17.9. The van der Waals surface area contributed by atoms with Gasteiger partial charge in [0.1, 0.15) is 5.78 Å². The summed E-state index contributed by atoms with van der Waals surface area (Å²) in [6, 6.07) is 12.3. The van der Waals surface area contributed by atoms with E-state index in [2.05, 4.69) is 70.2 Å². The molecule has 2 atom stereocenters. The standard InChI is InChI=1S/C9H12N2.C9H18O.C8H18.C7H8/c1-4-10-7(2)9-5-6-11-8(9)3;1-7(2)5-6-8(3)9(4)10;1-4-6-7-8(3)5-2;1-7-5-3-2-4-6-7/h4-6,11H,1H2,2-3H3;7-8H,5-6H2,1-4H3;8H,4-7H2,1-3H3;2-6H,1H3. The molecule has 1 aromatic heterocycles. The number of rotatable bonds is 10. The number of benzene rings is 1. The Labute approximate surface area is 223 Å². The maximum absolute atomic E-state index is 10.8. The first-order valence-electron chi connectivity index (χ1n) is 13.8. The zero-order chi connectivity index (χ0) is 27.9. The molecule has 2 rings (SSSR count). The predicted octanol–water partition coefficient (Wildman–Crippen LogP) is 10.1. The third-order valence-electron chi connectivity index (χ3n) is 6.19. The Kier molecular flexibility index (Phi) is 22.8. The molecule has 0 bridgehead atoms. The summed E-state index contributed by atoms with van der Waals surface area (Å²) in [5.41, 5.74) is 4.62. The van der Waals surface area contributed by atoms with E-state index in [1.807, 2.05) is 51.2 Å². The molecule has 0 saturated carbocycles. The average Bonchev–Trinajstić information content (AvgIpc) is 3.28. The largest absolute Gasteiger partial charge is 0.365 e. The maximum atomic E-state index is 10.8. The first-order valence-corrected chi connectivity index (χ1v) is 13.8. The van der Waals surface area contributed by atoms with Crippen LogP contribution in [0.2, 0.25) is 0 Å². The third-order valence-corrected chi connectivity index (χ3v) is 6.19. The number of ketones is 1. The summed E-state index contributed by atoms with van der Waals surface area (Å²) in [5, 5.41) is 0. The van der Waals surface area contributed by atoms with E-state index in [0.29, 0.717) is 5.78 Å².